The fraction of sp³-hybridized carbons (Fsp3) is 0.471. The molecule has 8 heteroatoms. The van der Waals surface area contributed by atoms with Gasteiger partial charge < -0.3 is 10.2 Å². The fourth-order valence-corrected chi connectivity index (χ4v) is 3.59. The van der Waals surface area contributed by atoms with Gasteiger partial charge in [0, 0.05) is 36.8 Å². The highest BCUT2D eigenvalue weighted by molar-refractivity contribution is 7.13. The number of hydrogen-bond acceptors (Lipinski definition) is 6. The zero-order valence-electron chi connectivity index (χ0n) is 13.7. The number of anilines is 1. The van der Waals surface area contributed by atoms with Crippen molar-refractivity contribution in [1.29, 1.82) is 0 Å². The number of rotatable bonds is 4. The van der Waals surface area contributed by atoms with Crippen LogP contribution in [0, 0.1) is 5.92 Å². The molecular weight excluding hydrogens is 338 g/mol. The molecule has 2 aromatic rings. The van der Waals surface area contributed by atoms with Gasteiger partial charge in [0.1, 0.15) is 11.5 Å². The smallest absolute Gasteiger partial charge is 0.272 e. The van der Waals surface area contributed by atoms with Crippen LogP contribution in [0.3, 0.4) is 0 Å². The Morgan fingerprint density at radius 2 is 2.08 bits per heavy atom. The predicted molar refractivity (Wildman–Crippen MR) is 93.4 cm³/mol. The molecule has 0 bridgehead atoms. The van der Waals surface area contributed by atoms with Crippen LogP contribution in [0.15, 0.2) is 23.8 Å². The predicted octanol–water partition coefficient (Wildman–Crippen LogP) is 2.30. The van der Waals surface area contributed by atoms with Gasteiger partial charge in [-0.1, -0.05) is 0 Å². The maximum Gasteiger partial charge on any atom is 0.272 e. The molecule has 1 aliphatic carbocycles. The second-order valence-corrected chi connectivity index (χ2v) is 7.39. The van der Waals surface area contributed by atoms with Crippen LogP contribution in [-0.4, -0.2) is 44.8 Å². The number of piperidine rings is 1. The molecule has 7 nitrogen and oxygen atoms in total. The van der Waals surface area contributed by atoms with E-state index in [2.05, 4.69) is 20.3 Å². The van der Waals surface area contributed by atoms with Crippen molar-refractivity contribution >= 4 is 28.3 Å². The van der Waals surface area contributed by atoms with E-state index in [1.807, 2.05) is 5.38 Å². The van der Waals surface area contributed by atoms with Crippen molar-refractivity contribution in [3.8, 4) is 0 Å². The summed E-state index contributed by atoms with van der Waals surface area (Å²) in [7, 11) is 0. The van der Waals surface area contributed by atoms with Gasteiger partial charge in [0.05, 0.1) is 5.92 Å². The Morgan fingerprint density at radius 3 is 2.84 bits per heavy atom. The lowest BCUT2D eigenvalue weighted by Crippen LogP contribution is -2.44. The highest BCUT2D eigenvalue weighted by atomic mass is 32.1. The summed E-state index contributed by atoms with van der Waals surface area (Å²) in [6.07, 6.45) is 7.09. The third-order valence-electron chi connectivity index (χ3n) is 4.58. The van der Waals surface area contributed by atoms with E-state index < -0.39 is 0 Å². The molecule has 2 aromatic heterocycles. The summed E-state index contributed by atoms with van der Waals surface area (Å²) in [5, 5.41) is 5.24. The molecule has 1 aliphatic heterocycles. The lowest BCUT2D eigenvalue weighted by atomic mass is 9.97. The van der Waals surface area contributed by atoms with E-state index in [1.165, 1.54) is 11.3 Å². The number of carbonyl (C=O) groups excluding carboxylic acids is 2. The summed E-state index contributed by atoms with van der Waals surface area (Å²) in [5.74, 6) is 0.767. The molecule has 4 rings (SSSR count). The van der Waals surface area contributed by atoms with E-state index in [4.69, 9.17) is 0 Å². The Kier molecular flexibility index (Phi) is 4.44. The maximum atomic E-state index is 12.8. The lowest BCUT2D eigenvalue weighted by Gasteiger charge is -2.31. The summed E-state index contributed by atoms with van der Waals surface area (Å²) in [5.41, 5.74) is 0.429. The third kappa shape index (κ3) is 3.68. The molecular formula is C17H19N5O2S. The Morgan fingerprint density at radius 1 is 1.20 bits per heavy atom. The quantitative estimate of drug-likeness (QED) is 0.907. The number of carbonyl (C=O) groups is 2. The average molecular weight is 357 g/mol. The molecule has 1 N–H and O–H groups in total. The van der Waals surface area contributed by atoms with Gasteiger partial charge in [-0.05, 0) is 31.7 Å². The van der Waals surface area contributed by atoms with Crippen molar-refractivity contribution in [2.24, 2.45) is 5.92 Å². The van der Waals surface area contributed by atoms with E-state index in [0.29, 0.717) is 29.8 Å². The van der Waals surface area contributed by atoms with Gasteiger partial charge in [0.25, 0.3) is 5.91 Å². The van der Waals surface area contributed by atoms with Gasteiger partial charge in [-0.3, -0.25) is 9.59 Å². The molecule has 2 amide bonds. The van der Waals surface area contributed by atoms with E-state index in [0.717, 1.165) is 31.5 Å². The van der Waals surface area contributed by atoms with Crippen LogP contribution in [0.5, 0.6) is 0 Å². The van der Waals surface area contributed by atoms with Crippen molar-refractivity contribution < 1.29 is 9.59 Å². The molecule has 0 spiro atoms. The zero-order chi connectivity index (χ0) is 17.2. The number of aromatic nitrogens is 3. The summed E-state index contributed by atoms with van der Waals surface area (Å²) >= 11 is 1.39. The van der Waals surface area contributed by atoms with Gasteiger partial charge in [-0.25, -0.2) is 15.0 Å². The van der Waals surface area contributed by atoms with E-state index in [1.54, 1.807) is 23.4 Å². The first-order valence-electron chi connectivity index (χ1n) is 8.53. The van der Waals surface area contributed by atoms with Gasteiger partial charge in [-0.15, -0.1) is 11.3 Å². The van der Waals surface area contributed by atoms with Crippen LogP contribution < -0.4 is 5.32 Å². The van der Waals surface area contributed by atoms with E-state index in [-0.39, 0.29) is 17.7 Å². The largest absolute Gasteiger partial charge is 0.337 e. The normalized spacial score (nSPS) is 20.3. The minimum absolute atomic E-state index is 0.0752. The number of thiazole rings is 1. The third-order valence-corrected chi connectivity index (χ3v) is 5.27. The Hall–Kier alpha value is -2.35. The van der Waals surface area contributed by atoms with Crippen molar-refractivity contribution in [2.45, 2.75) is 31.6 Å². The lowest BCUT2D eigenvalue weighted by molar-refractivity contribution is -0.121. The van der Waals surface area contributed by atoms with Crippen molar-refractivity contribution in [3.05, 3.63) is 35.4 Å². The highest BCUT2D eigenvalue weighted by Gasteiger charge is 2.31. The molecule has 1 atom stereocenters. The first-order chi connectivity index (χ1) is 12.2. The monoisotopic (exact) mass is 357 g/mol. The second kappa shape index (κ2) is 6.87. The maximum absolute atomic E-state index is 12.8. The van der Waals surface area contributed by atoms with Crippen molar-refractivity contribution in [1.82, 2.24) is 19.9 Å². The molecule has 0 aromatic carbocycles. The highest BCUT2D eigenvalue weighted by Crippen LogP contribution is 2.37. The van der Waals surface area contributed by atoms with Crippen LogP contribution in [0.1, 0.15) is 47.9 Å². The molecule has 2 aliphatic rings. The molecule has 0 unspecified atom stereocenters. The van der Waals surface area contributed by atoms with E-state index >= 15 is 0 Å². The number of nitrogens with one attached hydrogen (secondary N) is 1. The Labute approximate surface area is 149 Å². The van der Waals surface area contributed by atoms with Crippen LogP contribution in [0.2, 0.25) is 0 Å². The van der Waals surface area contributed by atoms with Gasteiger partial charge in [0.15, 0.2) is 5.13 Å². The van der Waals surface area contributed by atoms with Crippen LogP contribution in [0.4, 0.5) is 5.13 Å². The van der Waals surface area contributed by atoms with Gasteiger partial charge >= 0.3 is 0 Å². The molecule has 25 heavy (non-hydrogen) atoms. The Balaban J connectivity index is 1.42. The van der Waals surface area contributed by atoms with Gasteiger partial charge in [0.2, 0.25) is 5.91 Å². The van der Waals surface area contributed by atoms with Crippen LogP contribution in [0.25, 0.3) is 0 Å². The molecule has 130 valence electrons. The SMILES string of the molecule is O=C(Nc1nccs1)[C@H]1CCCN(C(=O)c2ccnc(C3CC3)n2)C1. The van der Waals surface area contributed by atoms with Crippen LogP contribution >= 0.6 is 11.3 Å². The summed E-state index contributed by atoms with van der Waals surface area (Å²) in [6, 6.07) is 1.66. The first kappa shape index (κ1) is 16.1. The molecule has 0 radical (unpaired) electrons. The van der Waals surface area contributed by atoms with E-state index in [9.17, 15) is 9.59 Å². The standard InChI is InChI=1S/C17H19N5O2S/c23-15(21-17-19-7-9-25-17)12-2-1-8-22(10-12)16(24)13-5-6-18-14(20-13)11-3-4-11/h5-7,9,11-12H,1-4,8,10H2,(H,19,21,23)/t12-/m0/s1. The van der Waals surface area contributed by atoms with Crippen molar-refractivity contribution in [3.63, 3.8) is 0 Å². The van der Waals surface area contributed by atoms with Gasteiger partial charge in [-0.2, -0.15) is 0 Å². The molecule has 1 saturated heterocycles. The summed E-state index contributed by atoms with van der Waals surface area (Å²) in [4.78, 5) is 39.7. The van der Waals surface area contributed by atoms with Crippen LogP contribution in [-0.2, 0) is 4.79 Å². The molecule has 1 saturated carbocycles. The topological polar surface area (TPSA) is 88.1 Å². The second-order valence-electron chi connectivity index (χ2n) is 6.49. The average Bonchev–Trinajstić information content (AvgIpc) is 3.39. The minimum Gasteiger partial charge on any atom is -0.337 e. The number of amides is 2. The summed E-state index contributed by atoms with van der Waals surface area (Å²) in [6.45, 7) is 1.07. The molecule has 3 heterocycles. The fourth-order valence-electron chi connectivity index (χ4n) is 3.06. The molecule has 2 fully saturated rings. The number of likely N-dealkylation sites (tertiary alicyclic amines) is 1. The van der Waals surface area contributed by atoms with Crippen molar-refractivity contribution in [2.75, 3.05) is 18.4 Å². The first-order valence-corrected chi connectivity index (χ1v) is 9.41. The minimum atomic E-state index is -0.216. The Bertz CT molecular complexity index is 775. The zero-order valence-corrected chi connectivity index (χ0v) is 14.5. The number of nitrogens with zero attached hydrogens (tertiary/aromatic N) is 4. The number of hydrogen-bond donors (Lipinski definition) is 1. The summed E-state index contributed by atoms with van der Waals surface area (Å²) < 4.78 is 0.